The van der Waals surface area contributed by atoms with Crippen LogP contribution in [0.5, 0.6) is 5.75 Å². The maximum absolute atomic E-state index is 11.5. The van der Waals surface area contributed by atoms with Crippen molar-refractivity contribution in [2.45, 2.75) is 0 Å². The number of pyridine rings is 1. The van der Waals surface area contributed by atoms with E-state index >= 15 is 0 Å². The summed E-state index contributed by atoms with van der Waals surface area (Å²) in [6, 6.07) is 13.5. The zero-order valence-electron chi connectivity index (χ0n) is 17.7. The van der Waals surface area contributed by atoms with Gasteiger partial charge in [-0.25, -0.2) is 9.97 Å². The second-order valence-electron chi connectivity index (χ2n) is 7.74. The van der Waals surface area contributed by atoms with Crippen molar-refractivity contribution in [3.63, 3.8) is 0 Å². The van der Waals surface area contributed by atoms with Gasteiger partial charge in [-0.2, -0.15) is 4.98 Å². The number of carbonyl (C=O) groups is 1. The van der Waals surface area contributed by atoms with Crippen molar-refractivity contribution in [3.8, 4) is 5.75 Å². The number of hydrogen-bond acceptors (Lipinski definition) is 9. The molecule has 0 bridgehead atoms. The molecule has 1 fully saturated rings. The number of likely N-dealkylation sites (N-methyl/N-ethyl adjacent to an activating group) is 1. The van der Waals surface area contributed by atoms with Crippen molar-refractivity contribution in [3.05, 3.63) is 48.7 Å². The van der Waals surface area contributed by atoms with Crippen molar-refractivity contribution in [1.82, 2.24) is 19.9 Å². The molecule has 164 valence electrons. The van der Waals surface area contributed by atoms with E-state index in [0.717, 1.165) is 31.9 Å². The Balaban J connectivity index is 1.28. The van der Waals surface area contributed by atoms with Crippen LogP contribution >= 0.6 is 0 Å². The molecule has 4 heterocycles. The van der Waals surface area contributed by atoms with E-state index in [9.17, 15) is 4.79 Å². The van der Waals surface area contributed by atoms with Gasteiger partial charge in [0.2, 0.25) is 5.95 Å². The largest absolute Gasteiger partial charge is 0.480 e. The number of fused-ring (bicyclic) bond motifs is 1. The number of carbonyl (C=O) groups excluding carboxylic acids is 1. The lowest BCUT2D eigenvalue weighted by atomic mass is 10.2. The zero-order chi connectivity index (χ0) is 21.9. The van der Waals surface area contributed by atoms with Crippen LogP contribution in [0.1, 0.15) is 0 Å². The fourth-order valence-electron chi connectivity index (χ4n) is 3.63. The van der Waals surface area contributed by atoms with Crippen molar-refractivity contribution < 1.29 is 9.53 Å². The van der Waals surface area contributed by atoms with E-state index in [-0.39, 0.29) is 12.5 Å². The summed E-state index contributed by atoms with van der Waals surface area (Å²) in [5.74, 6) is 2.29. The van der Waals surface area contributed by atoms with Crippen LogP contribution in [0.3, 0.4) is 0 Å². The summed E-state index contributed by atoms with van der Waals surface area (Å²) < 4.78 is 5.34. The highest BCUT2D eigenvalue weighted by Crippen LogP contribution is 2.28. The van der Waals surface area contributed by atoms with Crippen LogP contribution in [0, 0.1) is 0 Å². The van der Waals surface area contributed by atoms with Gasteiger partial charge in [0.05, 0.1) is 0 Å². The minimum Gasteiger partial charge on any atom is -0.480 e. The third-order valence-electron chi connectivity index (χ3n) is 5.36. The summed E-state index contributed by atoms with van der Waals surface area (Å²) in [6.45, 7) is 4.13. The van der Waals surface area contributed by atoms with E-state index in [1.807, 2.05) is 12.1 Å². The van der Waals surface area contributed by atoms with Gasteiger partial charge >= 0.3 is 0 Å². The number of anilines is 6. The first-order valence-electron chi connectivity index (χ1n) is 10.5. The molecule has 0 atom stereocenters. The summed E-state index contributed by atoms with van der Waals surface area (Å²) in [5.41, 5.74) is 2.10. The maximum atomic E-state index is 11.5. The third kappa shape index (κ3) is 4.54. The predicted octanol–water partition coefficient (Wildman–Crippen LogP) is 2.44. The molecule has 10 nitrogen and oxygen atoms in total. The van der Waals surface area contributed by atoms with E-state index in [1.54, 1.807) is 24.4 Å². The van der Waals surface area contributed by atoms with Crippen LogP contribution in [-0.2, 0) is 4.79 Å². The predicted molar refractivity (Wildman–Crippen MR) is 123 cm³/mol. The fourth-order valence-corrected chi connectivity index (χ4v) is 3.63. The molecular formula is C22H24N8O2. The number of nitrogens with one attached hydrogen (secondary N) is 3. The molecule has 3 aromatic rings. The monoisotopic (exact) mass is 432 g/mol. The van der Waals surface area contributed by atoms with E-state index in [2.05, 4.69) is 59.9 Å². The highest BCUT2D eigenvalue weighted by atomic mass is 16.5. The Morgan fingerprint density at radius 2 is 1.84 bits per heavy atom. The molecule has 1 amide bonds. The van der Waals surface area contributed by atoms with Crippen LogP contribution in [-0.4, -0.2) is 65.6 Å². The topological polar surface area (TPSA) is 108 Å². The van der Waals surface area contributed by atoms with Crippen LogP contribution < -0.4 is 25.6 Å². The Kier molecular flexibility index (Phi) is 5.42. The van der Waals surface area contributed by atoms with E-state index in [0.29, 0.717) is 29.2 Å². The van der Waals surface area contributed by atoms with E-state index < -0.39 is 0 Å². The highest BCUT2D eigenvalue weighted by molar-refractivity contribution is 5.94. The molecule has 0 unspecified atom stereocenters. The molecule has 1 saturated heterocycles. The minimum absolute atomic E-state index is 0.00158. The van der Waals surface area contributed by atoms with Crippen molar-refractivity contribution >= 4 is 40.7 Å². The molecule has 1 aromatic carbocycles. The summed E-state index contributed by atoms with van der Waals surface area (Å²) in [4.78, 5) is 29.5. The summed E-state index contributed by atoms with van der Waals surface area (Å²) >= 11 is 0. The van der Waals surface area contributed by atoms with Gasteiger partial charge in [-0.1, -0.05) is 6.07 Å². The molecule has 2 aliphatic heterocycles. The number of piperazine rings is 1. The Bertz CT molecular complexity index is 1130. The average molecular weight is 432 g/mol. The van der Waals surface area contributed by atoms with Gasteiger partial charge in [0, 0.05) is 43.8 Å². The third-order valence-corrected chi connectivity index (χ3v) is 5.36. The highest BCUT2D eigenvalue weighted by Gasteiger charge is 2.18. The first-order valence-corrected chi connectivity index (χ1v) is 10.5. The van der Waals surface area contributed by atoms with Crippen molar-refractivity contribution in [2.24, 2.45) is 0 Å². The Morgan fingerprint density at radius 1 is 1.00 bits per heavy atom. The second kappa shape index (κ2) is 8.67. The number of nitrogens with zero attached hydrogens (tertiary/aromatic N) is 5. The first kappa shape index (κ1) is 20.0. The number of benzene rings is 1. The molecule has 5 rings (SSSR count). The standard InChI is InChI=1S/C22H24N8O2/c1-29-9-11-30(12-10-29)16-4-2-3-15(13-16)24-22-23-8-7-19(27-22)25-18-6-5-17-21(26-18)28-20(31)14-32-17/h2-8,13H,9-12,14H2,1H3,(H3,23,24,25,26,27,28,31). The number of aromatic nitrogens is 3. The smallest absolute Gasteiger partial charge is 0.263 e. The van der Waals surface area contributed by atoms with Crippen LogP contribution in [0.4, 0.5) is 34.8 Å². The van der Waals surface area contributed by atoms with Gasteiger partial charge in [0.15, 0.2) is 18.2 Å². The lowest BCUT2D eigenvalue weighted by molar-refractivity contribution is -0.118. The molecule has 32 heavy (non-hydrogen) atoms. The van der Waals surface area contributed by atoms with Gasteiger partial charge < -0.3 is 30.5 Å². The zero-order valence-corrected chi connectivity index (χ0v) is 17.7. The van der Waals surface area contributed by atoms with Gasteiger partial charge in [-0.15, -0.1) is 0 Å². The Morgan fingerprint density at radius 3 is 2.72 bits per heavy atom. The fraction of sp³-hybridized carbons (Fsp3) is 0.273. The van der Waals surface area contributed by atoms with Gasteiger partial charge in [-0.3, -0.25) is 4.79 Å². The molecule has 2 aliphatic rings. The lowest BCUT2D eigenvalue weighted by Crippen LogP contribution is -2.44. The molecule has 0 spiro atoms. The SMILES string of the molecule is CN1CCN(c2cccc(Nc3nccc(Nc4ccc5c(n4)NC(=O)CO5)n3)c2)CC1. The van der Waals surface area contributed by atoms with Gasteiger partial charge in [0.25, 0.3) is 5.91 Å². The summed E-state index contributed by atoms with van der Waals surface area (Å²) in [7, 11) is 2.15. The molecule has 0 radical (unpaired) electrons. The van der Waals surface area contributed by atoms with E-state index in [4.69, 9.17) is 4.74 Å². The number of ether oxygens (including phenoxy) is 1. The quantitative estimate of drug-likeness (QED) is 0.560. The van der Waals surface area contributed by atoms with Gasteiger partial charge in [-0.05, 0) is 43.4 Å². The number of hydrogen-bond donors (Lipinski definition) is 3. The number of rotatable bonds is 5. The molecule has 0 aliphatic carbocycles. The molecule has 0 saturated carbocycles. The first-order chi connectivity index (χ1) is 15.6. The normalized spacial score (nSPS) is 16.0. The van der Waals surface area contributed by atoms with Crippen LogP contribution in [0.25, 0.3) is 0 Å². The average Bonchev–Trinajstić information content (AvgIpc) is 2.80. The second-order valence-corrected chi connectivity index (χ2v) is 7.74. The van der Waals surface area contributed by atoms with Crippen molar-refractivity contribution in [2.75, 3.05) is 60.7 Å². The lowest BCUT2D eigenvalue weighted by Gasteiger charge is -2.34. The minimum atomic E-state index is -0.227. The van der Waals surface area contributed by atoms with Crippen LogP contribution in [0.2, 0.25) is 0 Å². The maximum Gasteiger partial charge on any atom is 0.263 e. The van der Waals surface area contributed by atoms with Crippen LogP contribution in [0.15, 0.2) is 48.7 Å². The number of amides is 1. The van der Waals surface area contributed by atoms with E-state index in [1.165, 1.54) is 5.69 Å². The molecule has 10 heteroatoms. The van der Waals surface area contributed by atoms with Gasteiger partial charge in [0.1, 0.15) is 11.6 Å². The molecular weight excluding hydrogens is 408 g/mol. The summed E-state index contributed by atoms with van der Waals surface area (Å²) in [6.07, 6.45) is 1.67. The van der Waals surface area contributed by atoms with Crippen molar-refractivity contribution in [1.29, 1.82) is 0 Å². The Labute approximate surface area is 185 Å². The summed E-state index contributed by atoms with van der Waals surface area (Å²) in [5, 5.41) is 9.12. The molecule has 3 N–H and O–H groups in total. The molecule has 2 aromatic heterocycles. The Hall–Kier alpha value is -3.92.